The van der Waals surface area contributed by atoms with Crippen molar-refractivity contribution in [2.45, 2.75) is 51.0 Å². The molecule has 0 radical (unpaired) electrons. The first-order valence-electron chi connectivity index (χ1n) is 12.0. The molecule has 158 valence electrons. The average molecular weight is 387 g/mol. The minimum absolute atomic E-state index is 0.731. The molecule has 3 fully saturated rings. The normalized spacial score (nSPS) is 32.4. The molecule has 2 unspecified atom stereocenters. The number of allylic oxidation sites excluding steroid dienone is 1. The minimum Gasteiger partial charge on any atom is -0.374 e. The lowest BCUT2D eigenvalue weighted by Gasteiger charge is -2.40. The van der Waals surface area contributed by atoms with Crippen LogP contribution in [0.3, 0.4) is 0 Å². The summed E-state index contributed by atoms with van der Waals surface area (Å²) in [5, 5.41) is 3.92. The number of nitrogens with zero attached hydrogens (tertiary/aromatic N) is 3. The molecule has 2 atom stereocenters. The zero-order chi connectivity index (χ0) is 19.2. The summed E-state index contributed by atoms with van der Waals surface area (Å²) < 4.78 is 0. The van der Waals surface area contributed by atoms with Gasteiger partial charge in [-0.2, -0.15) is 0 Å². The molecule has 3 saturated heterocycles. The zero-order valence-corrected chi connectivity index (χ0v) is 18.1. The molecular weight excluding hydrogens is 344 g/mol. The van der Waals surface area contributed by atoms with Crippen molar-refractivity contribution < 1.29 is 0 Å². The Bertz CT molecular complexity index is 507. The Morgan fingerprint density at radius 1 is 0.893 bits per heavy atom. The van der Waals surface area contributed by atoms with Crippen LogP contribution in [-0.2, 0) is 0 Å². The van der Waals surface area contributed by atoms with Gasteiger partial charge in [0.1, 0.15) is 0 Å². The fraction of sp³-hybridized carbons (Fsp3) is 0.833. The minimum atomic E-state index is 0.731. The van der Waals surface area contributed by atoms with E-state index in [1.807, 2.05) is 0 Å². The van der Waals surface area contributed by atoms with Crippen molar-refractivity contribution in [2.24, 2.45) is 17.8 Å². The quantitative estimate of drug-likeness (QED) is 0.733. The zero-order valence-electron chi connectivity index (χ0n) is 18.1. The summed E-state index contributed by atoms with van der Waals surface area (Å²) in [6.07, 6.45) is 19.0. The summed E-state index contributed by atoms with van der Waals surface area (Å²) in [5.41, 5.74) is 0. The predicted octanol–water partition coefficient (Wildman–Crippen LogP) is 3.18. The van der Waals surface area contributed by atoms with Gasteiger partial charge in [-0.3, -0.25) is 0 Å². The van der Waals surface area contributed by atoms with Crippen molar-refractivity contribution in [1.29, 1.82) is 0 Å². The number of hydrogen-bond donors (Lipinski definition) is 1. The van der Waals surface area contributed by atoms with Crippen molar-refractivity contribution in [3.63, 3.8) is 0 Å². The smallest absolute Gasteiger partial charge is 0.0354 e. The van der Waals surface area contributed by atoms with Crippen LogP contribution in [-0.4, -0.2) is 80.1 Å². The van der Waals surface area contributed by atoms with Crippen LogP contribution in [0.5, 0.6) is 0 Å². The molecule has 0 amide bonds. The molecule has 4 aliphatic heterocycles. The van der Waals surface area contributed by atoms with Gasteiger partial charge < -0.3 is 20.0 Å². The third-order valence-corrected chi connectivity index (χ3v) is 7.75. The number of rotatable bonds is 5. The first-order valence-corrected chi connectivity index (χ1v) is 12.0. The highest BCUT2D eigenvalue weighted by Crippen LogP contribution is 2.30. The van der Waals surface area contributed by atoms with E-state index in [9.17, 15) is 0 Å². The van der Waals surface area contributed by atoms with Gasteiger partial charge >= 0.3 is 0 Å². The number of hydrogen-bond acceptors (Lipinski definition) is 4. The molecule has 28 heavy (non-hydrogen) atoms. The van der Waals surface area contributed by atoms with E-state index in [4.69, 9.17) is 0 Å². The summed E-state index contributed by atoms with van der Waals surface area (Å²) in [7, 11) is 2.27. The van der Waals surface area contributed by atoms with Crippen LogP contribution in [0.1, 0.15) is 44.9 Å². The third-order valence-electron chi connectivity index (χ3n) is 7.75. The Hall–Kier alpha value is -0.840. The highest BCUT2D eigenvalue weighted by atomic mass is 15.2. The second kappa shape index (κ2) is 10.3. The van der Waals surface area contributed by atoms with E-state index in [0.717, 1.165) is 30.3 Å². The summed E-state index contributed by atoms with van der Waals surface area (Å²) in [6, 6.07) is 0.731. The topological polar surface area (TPSA) is 21.8 Å². The Balaban J connectivity index is 1.12. The van der Waals surface area contributed by atoms with Crippen molar-refractivity contribution in [1.82, 2.24) is 20.0 Å². The van der Waals surface area contributed by atoms with Crippen LogP contribution < -0.4 is 5.32 Å². The van der Waals surface area contributed by atoms with Gasteiger partial charge in [0, 0.05) is 25.7 Å². The maximum atomic E-state index is 3.92. The molecule has 4 aliphatic rings. The van der Waals surface area contributed by atoms with E-state index >= 15 is 0 Å². The fourth-order valence-electron chi connectivity index (χ4n) is 5.67. The Morgan fingerprint density at radius 3 is 2.39 bits per heavy atom. The van der Waals surface area contributed by atoms with Crippen molar-refractivity contribution in [3.05, 3.63) is 24.4 Å². The van der Waals surface area contributed by atoms with Crippen molar-refractivity contribution >= 4 is 0 Å². The van der Waals surface area contributed by atoms with Gasteiger partial charge in [0.15, 0.2) is 0 Å². The number of nitrogens with one attached hydrogen (secondary N) is 1. The molecule has 0 aromatic heterocycles. The second-order valence-electron chi connectivity index (χ2n) is 9.82. The average Bonchev–Trinajstić information content (AvgIpc) is 2.75. The maximum Gasteiger partial charge on any atom is 0.0354 e. The molecule has 4 heteroatoms. The van der Waals surface area contributed by atoms with Gasteiger partial charge in [-0.1, -0.05) is 18.2 Å². The fourth-order valence-corrected chi connectivity index (χ4v) is 5.67. The number of piperidine rings is 3. The van der Waals surface area contributed by atoms with Crippen molar-refractivity contribution in [3.8, 4) is 0 Å². The summed E-state index contributed by atoms with van der Waals surface area (Å²) in [5.74, 6) is 2.70. The van der Waals surface area contributed by atoms with E-state index in [0.29, 0.717) is 0 Å². The Kier molecular flexibility index (Phi) is 7.49. The van der Waals surface area contributed by atoms with E-state index < -0.39 is 0 Å². The van der Waals surface area contributed by atoms with Crippen LogP contribution in [0.15, 0.2) is 24.4 Å². The van der Waals surface area contributed by atoms with Gasteiger partial charge in [-0.05, 0) is 109 Å². The van der Waals surface area contributed by atoms with Gasteiger partial charge in [0.2, 0.25) is 0 Å². The maximum absolute atomic E-state index is 3.92. The summed E-state index contributed by atoms with van der Waals surface area (Å²) in [4.78, 5) is 7.68. The summed E-state index contributed by atoms with van der Waals surface area (Å²) >= 11 is 0. The van der Waals surface area contributed by atoms with Gasteiger partial charge in [0.25, 0.3) is 0 Å². The highest BCUT2D eigenvalue weighted by Gasteiger charge is 2.30. The van der Waals surface area contributed by atoms with E-state index in [2.05, 4.69) is 51.5 Å². The Morgan fingerprint density at radius 2 is 1.71 bits per heavy atom. The van der Waals surface area contributed by atoms with Crippen LogP contribution in [0.4, 0.5) is 0 Å². The molecule has 4 rings (SSSR count). The Labute approximate surface area is 173 Å². The van der Waals surface area contributed by atoms with E-state index in [-0.39, 0.29) is 0 Å². The van der Waals surface area contributed by atoms with Gasteiger partial charge in [-0.15, -0.1) is 0 Å². The summed E-state index contributed by atoms with van der Waals surface area (Å²) in [6.45, 7) is 10.0. The molecule has 0 saturated carbocycles. The van der Waals surface area contributed by atoms with Crippen LogP contribution in [0.25, 0.3) is 0 Å². The molecule has 4 heterocycles. The van der Waals surface area contributed by atoms with Gasteiger partial charge in [0.05, 0.1) is 0 Å². The predicted molar refractivity (Wildman–Crippen MR) is 118 cm³/mol. The second-order valence-corrected chi connectivity index (χ2v) is 9.82. The third kappa shape index (κ3) is 5.84. The lowest BCUT2D eigenvalue weighted by Crippen LogP contribution is -2.49. The van der Waals surface area contributed by atoms with Crippen LogP contribution >= 0.6 is 0 Å². The molecule has 4 nitrogen and oxygen atoms in total. The molecule has 0 bridgehead atoms. The standard InChI is InChI=1S/C24H42N4/c1-26-14-10-22(11-15-26)23-5-6-24(25-19-23)20-28-17-8-21(9-18-28)7-16-27-12-3-2-4-13-27/h2-3,7,16,21-25H,4-6,8-15,17-20H2,1H3/b16-7+. The number of likely N-dealkylation sites (tertiary alicyclic amines) is 2. The van der Waals surface area contributed by atoms with Crippen LogP contribution in [0.2, 0.25) is 0 Å². The molecular formula is C24H42N4. The van der Waals surface area contributed by atoms with Crippen molar-refractivity contribution in [2.75, 3.05) is 59.4 Å². The first kappa shape index (κ1) is 20.4. The molecule has 0 aromatic rings. The molecule has 0 spiro atoms. The SMILES string of the molecule is CN1CCC(C2CCC(CN3CCC(/C=C/N4CC=CCC4)CC3)NC2)CC1. The first-order chi connectivity index (χ1) is 13.8. The highest BCUT2D eigenvalue weighted by molar-refractivity contribution is 4.98. The lowest BCUT2D eigenvalue weighted by atomic mass is 9.79. The molecule has 1 N–H and O–H groups in total. The monoisotopic (exact) mass is 386 g/mol. The van der Waals surface area contributed by atoms with E-state index in [1.54, 1.807) is 0 Å². The lowest BCUT2D eigenvalue weighted by molar-refractivity contribution is 0.123. The molecule has 0 aromatic carbocycles. The van der Waals surface area contributed by atoms with Gasteiger partial charge in [-0.25, -0.2) is 0 Å². The van der Waals surface area contributed by atoms with E-state index in [1.165, 1.54) is 90.8 Å². The largest absolute Gasteiger partial charge is 0.374 e. The molecule has 0 aliphatic carbocycles. The van der Waals surface area contributed by atoms with Crippen LogP contribution in [0, 0.1) is 17.8 Å².